The fourth-order valence-corrected chi connectivity index (χ4v) is 2.29. The predicted octanol–water partition coefficient (Wildman–Crippen LogP) is 1.54. The maximum atomic E-state index is 12.1. The second-order valence-electron chi connectivity index (χ2n) is 2.83. The molecule has 0 aliphatic rings. The van der Waals surface area contributed by atoms with Gasteiger partial charge in [0, 0.05) is 0 Å². The minimum absolute atomic E-state index is 0.00854. The van der Waals surface area contributed by atoms with Gasteiger partial charge in [-0.15, -0.1) is 0 Å². The minimum atomic E-state index is -4.21. The Kier molecular flexibility index (Phi) is 3.42. The van der Waals surface area contributed by atoms with Gasteiger partial charge in [0.25, 0.3) is 0 Å². The van der Waals surface area contributed by atoms with Crippen LogP contribution in [0.25, 0.3) is 0 Å². The van der Waals surface area contributed by atoms with Gasteiger partial charge in [0.15, 0.2) is 0 Å². The number of hydrogen-bond donors (Lipinski definition) is 1. The van der Waals surface area contributed by atoms with E-state index in [-0.39, 0.29) is 10.0 Å². The predicted molar refractivity (Wildman–Crippen MR) is 49.6 cm³/mol. The summed E-state index contributed by atoms with van der Waals surface area (Å²) in [6.45, 7) is 1.48. The Hall–Kier alpha value is -1.00. The van der Waals surface area contributed by atoms with Crippen LogP contribution in [-0.2, 0) is 0 Å². The molecule has 15 heavy (non-hydrogen) atoms. The summed E-state index contributed by atoms with van der Waals surface area (Å²) in [5.74, 6) is -1.14. The summed E-state index contributed by atoms with van der Waals surface area (Å²) in [5.41, 5.74) is 0.376. The van der Waals surface area contributed by atoms with E-state index in [0.29, 0.717) is 5.56 Å². The molecule has 0 spiro atoms. The molecule has 0 aliphatic heterocycles. The Bertz CT molecular complexity index is 387. The molecule has 0 amide bonds. The van der Waals surface area contributed by atoms with Crippen molar-refractivity contribution in [1.29, 1.82) is 0 Å². The summed E-state index contributed by atoms with van der Waals surface area (Å²) in [7, 11) is 0. The summed E-state index contributed by atoms with van der Waals surface area (Å²) in [6, 6.07) is 3.68. The van der Waals surface area contributed by atoms with Crippen LogP contribution in [0.2, 0.25) is 0 Å². The molecule has 0 atom stereocenters. The molecule has 1 rings (SSSR count). The Morgan fingerprint density at radius 1 is 1.40 bits per heavy atom. The SMILES string of the molecule is Cc1cc(C(=O)O)ccc1[Se]C(F)(F)F. The summed E-state index contributed by atoms with van der Waals surface area (Å²) in [4.78, 5) is 10.5. The first-order chi connectivity index (χ1) is 6.79. The van der Waals surface area contributed by atoms with E-state index < -0.39 is 26.0 Å². The number of alkyl halides is 3. The van der Waals surface area contributed by atoms with Gasteiger partial charge in [0.1, 0.15) is 0 Å². The van der Waals surface area contributed by atoms with Crippen molar-refractivity contribution >= 4 is 25.4 Å². The second-order valence-corrected chi connectivity index (χ2v) is 5.16. The molecule has 0 unspecified atom stereocenters. The number of benzene rings is 1. The van der Waals surface area contributed by atoms with E-state index in [1.165, 1.54) is 25.1 Å². The molecule has 2 nitrogen and oxygen atoms in total. The fraction of sp³-hybridized carbons (Fsp3) is 0.222. The van der Waals surface area contributed by atoms with Gasteiger partial charge in [-0.25, -0.2) is 0 Å². The third-order valence-corrected chi connectivity index (χ3v) is 3.56. The molecular weight excluding hydrogens is 276 g/mol. The normalized spacial score (nSPS) is 11.5. The van der Waals surface area contributed by atoms with Crippen molar-refractivity contribution in [2.45, 2.75) is 12.0 Å². The van der Waals surface area contributed by atoms with Gasteiger partial charge in [-0.2, -0.15) is 0 Å². The number of carboxylic acids is 1. The maximum absolute atomic E-state index is 12.1. The van der Waals surface area contributed by atoms with E-state index in [4.69, 9.17) is 5.11 Å². The van der Waals surface area contributed by atoms with Crippen molar-refractivity contribution in [3.8, 4) is 0 Å². The van der Waals surface area contributed by atoms with Crippen LogP contribution in [-0.4, -0.2) is 31.1 Å². The Morgan fingerprint density at radius 2 is 2.00 bits per heavy atom. The molecule has 0 saturated carbocycles. The Balaban J connectivity index is 2.99. The molecule has 0 aliphatic carbocycles. The van der Waals surface area contributed by atoms with E-state index >= 15 is 0 Å². The van der Waals surface area contributed by atoms with Crippen molar-refractivity contribution in [3.05, 3.63) is 29.3 Å². The molecule has 1 aromatic carbocycles. The molecule has 1 N–H and O–H groups in total. The number of halogens is 3. The molecule has 0 bridgehead atoms. The number of aryl methyl sites for hydroxylation is 1. The zero-order valence-electron chi connectivity index (χ0n) is 7.63. The van der Waals surface area contributed by atoms with Gasteiger partial charge in [-0.1, -0.05) is 0 Å². The van der Waals surface area contributed by atoms with E-state index in [0.717, 1.165) is 0 Å². The van der Waals surface area contributed by atoms with Gasteiger partial charge in [0.2, 0.25) is 0 Å². The summed E-state index contributed by atoms with van der Waals surface area (Å²) >= 11 is -1.62. The number of hydrogen-bond acceptors (Lipinski definition) is 1. The van der Waals surface area contributed by atoms with E-state index in [1.54, 1.807) is 0 Å². The molecule has 0 fully saturated rings. The summed E-state index contributed by atoms with van der Waals surface area (Å²) in [6.07, 6.45) is 0. The van der Waals surface area contributed by atoms with Gasteiger partial charge >= 0.3 is 89.8 Å². The summed E-state index contributed by atoms with van der Waals surface area (Å²) in [5, 5.41) is 4.41. The van der Waals surface area contributed by atoms with Gasteiger partial charge in [-0.3, -0.25) is 0 Å². The van der Waals surface area contributed by atoms with Crippen molar-refractivity contribution < 1.29 is 23.1 Å². The third kappa shape index (κ3) is 3.57. The Labute approximate surface area is 90.3 Å². The van der Waals surface area contributed by atoms with Crippen LogP contribution in [0, 0.1) is 6.92 Å². The van der Waals surface area contributed by atoms with Crippen LogP contribution in [0.1, 0.15) is 15.9 Å². The van der Waals surface area contributed by atoms with Crippen LogP contribution in [0.15, 0.2) is 18.2 Å². The van der Waals surface area contributed by atoms with Crippen LogP contribution in [0.3, 0.4) is 0 Å². The van der Waals surface area contributed by atoms with Crippen LogP contribution >= 0.6 is 0 Å². The zero-order valence-corrected chi connectivity index (χ0v) is 9.34. The average Bonchev–Trinajstić information content (AvgIpc) is 2.05. The topological polar surface area (TPSA) is 37.3 Å². The molecule has 82 valence electrons. The van der Waals surface area contributed by atoms with E-state index in [9.17, 15) is 18.0 Å². The molecule has 0 saturated heterocycles. The van der Waals surface area contributed by atoms with E-state index in [2.05, 4.69) is 0 Å². The number of rotatable bonds is 2. The average molecular weight is 283 g/mol. The van der Waals surface area contributed by atoms with Crippen molar-refractivity contribution in [2.75, 3.05) is 0 Å². The third-order valence-electron chi connectivity index (χ3n) is 1.65. The zero-order chi connectivity index (χ0) is 11.6. The molecular formula is C9H7F3O2Se. The number of carbonyl (C=O) groups is 1. The van der Waals surface area contributed by atoms with E-state index in [1.807, 2.05) is 0 Å². The molecule has 1 aromatic rings. The molecule has 0 aromatic heterocycles. The van der Waals surface area contributed by atoms with Crippen molar-refractivity contribution in [3.63, 3.8) is 0 Å². The van der Waals surface area contributed by atoms with Crippen molar-refractivity contribution in [2.24, 2.45) is 0 Å². The second kappa shape index (κ2) is 4.24. The fourth-order valence-electron chi connectivity index (χ4n) is 1.02. The standard InChI is InChI=1S/C9H7F3O2Se/c1-5-4-6(8(13)14)2-3-7(5)15-9(10,11)12/h2-4H,1H3,(H,13,14). The quantitative estimate of drug-likeness (QED) is 0.836. The van der Waals surface area contributed by atoms with Gasteiger partial charge < -0.3 is 0 Å². The summed E-state index contributed by atoms with van der Waals surface area (Å²) < 4.78 is 36.4. The van der Waals surface area contributed by atoms with Gasteiger partial charge in [-0.05, 0) is 0 Å². The molecule has 0 radical (unpaired) electrons. The van der Waals surface area contributed by atoms with Crippen LogP contribution < -0.4 is 4.46 Å². The van der Waals surface area contributed by atoms with Gasteiger partial charge in [0.05, 0.1) is 0 Å². The monoisotopic (exact) mass is 284 g/mol. The first-order valence-corrected chi connectivity index (χ1v) is 5.60. The first kappa shape index (κ1) is 12.1. The van der Waals surface area contributed by atoms with Crippen molar-refractivity contribution in [1.82, 2.24) is 0 Å². The van der Waals surface area contributed by atoms with Crippen LogP contribution in [0.4, 0.5) is 13.2 Å². The van der Waals surface area contributed by atoms with Crippen LogP contribution in [0.5, 0.6) is 0 Å². The molecule has 6 heteroatoms. The first-order valence-electron chi connectivity index (χ1n) is 3.89. The number of aromatic carboxylic acids is 1. The number of carboxylic acid groups (broad SMARTS) is 1. The Morgan fingerprint density at radius 3 is 2.40 bits per heavy atom. The molecule has 0 heterocycles.